The lowest BCUT2D eigenvalue weighted by Crippen LogP contribution is -2.42. The summed E-state index contributed by atoms with van der Waals surface area (Å²) in [6.07, 6.45) is 1.33. The summed E-state index contributed by atoms with van der Waals surface area (Å²) in [5.41, 5.74) is -0.487. The molecule has 9 heteroatoms. The molecule has 22 heavy (non-hydrogen) atoms. The lowest BCUT2D eigenvalue weighted by molar-refractivity contribution is -0.387. The van der Waals surface area contributed by atoms with Gasteiger partial charge in [0, 0.05) is 30.2 Å². The molecular weight excluding hydrogens is 330 g/mol. The van der Waals surface area contributed by atoms with Crippen molar-refractivity contribution in [2.24, 2.45) is 0 Å². The minimum absolute atomic E-state index is 0.134. The molecule has 1 aromatic rings. The fraction of sp³-hybridized carbons (Fsp3) is 0.538. The Morgan fingerprint density at radius 2 is 2.23 bits per heavy atom. The number of nitro groups is 1. The second-order valence-corrected chi connectivity index (χ2v) is 7.43. The van der Waals surface area contributed by atoms with E-state index in [1.807, 2.05) is 6.92 Å². The van der Waals surface area contributed by atoms with Gasteiger partial charge in [-0.05, 0) is 31.5 Å². The molecule has 1 atom stereocenters. The van der Waals surface area contributed by atoms with Crippen LogP contribution in [0.4, 0.5) is 5.69 Å². The van der Waals surface area contributed by atoms with Crippen molar-refractivity contribution in [2.45, 2.75) is 30.7 Å². The Labute approximate surface area is 134 Å². The first kappa shape index (κ1) is 17.1. The highest BCUT2D eigenvalue weighted by atomic mass is 35.5. The molecular formula is C13H18ClN3O4S. The summed E-state index contributed by atoms with van der Waals surface area (Å²) in [7, 11) is -3.95. The molecule has 0 saturated carbocycles. The molecule has 0 spiro atoms. The minimum atomic E-state index is -3.95. The number of sulfonamides is 1. The molecule has 0 bridgehead atoms. The SMILES string of the molecule is CCCN(C1CCNC1)S(=O)(=O)c1ccc(Cl)cc1[N+](=O)[O-]. The molecule has 1 unspecified atom stereocenters. The Morgan fingerprint density at radius 1 is 1.50 bits per heavy atom. The molecule has 0 aromatic heterocycles. The minimum Gasteiger partial charge on any atom is -0.315 e. The van der Waals surface area contributed by atoms with Gasteiger partial charge in [-0.2, -0.15) is 4.31 Å². The highest BCUT2D eigenvalue weighted by Gasteiger charge is 2.36. The zero-order valence-electron chi connectivity index (χ0n) is 12.2. The van der Waals surface area contributed by atoms with Crippen LogP contribution in [0.5, 0.6) is 0 Å². The third kappa shape index (κ3) is 3.40. The normalized spacial score (nSPS) is 18.8. The number of hydrogen-bond acceptors (Lipinski definition) is 5. The van der Waals surface area contributed by atoms with E-state index in [0.29, 0.717) is 25.9 Å². The average Bonchev–Trinajstić information content (AvgIpc) is 2.97. The molecule has 0 radical (unpaired) electrons. The van der Waals surface area contributed by atoms with Gasteiger partial charge in [0.25, 0.3) is 5.69 Å². The summed E-state index contributed by atoms with van der Waals surface area (Å²) in [4.78, 5) is 10.2. The zero-order chi connectivity index (χ0) is 16.3. The molecule has 1 aliphatic heterocycles. The molecule has 1 N–H and O–H groups in total. The first-order chi connectivity index (χ1) is 10.4. The quantitative estimate of drug-likeness (QED) is 0.627. The fourth-order valence-electron chi connectivity index (χ4n) is 2.58. The molecule has 1 heterocycles. The van der Waals surface area contributed by atoms with Gasteiger partial charge in [-0.1, -0.05) is 18.5 Å². The van der Waals surface area contributed by atoms with E-state index >= 15 is 0 Å². The third-order valence-corrected chi connectivity index (χ3v) is 5.82. The van der Waals surface area contributed by atoms with Crippen LogP contribution in [0.25, 0.3) is 0 Å². The second-order valence-electron chi connectivity index (χ2n) is 5.13. The maximum atomic E-state index is 12.9. The number of hydrogen-bond donors (Lipinski definition) is 1. The maximum absolute atomic E-state index is 12.9. The largest absolute Gasteiger partial charge is 0.315 e. The molecule has 1 saturated heterocycles. The van der Waals surface area contributed by atoms with E-state index in [9.17, 15) is 18.5 Å². The second kappa shape index (κ2) is 6.91. The van der Waals surface area contributed by atoms with Crippen molar-refractivity contribution in [3.63, 3.8) is 0 Å². The summed E-state index contributed by atoms with van der Waals surface area (Å²) >= 11 is 5.76. The van der Waals surface area contributed by atoms with Gasteiger partial charge in [0.15, 0.2) is 4.90 Å². The monoisotopic (exact) mass is 347 g/mol. The van der Waals surface area contributed by atoms with Gasteiger partial charge >= 0.3 is 0 Å². The molecule has 0 amide bonds. The number of rotatable bonds is 6. The highest BCUT2D eigenvalue weighted by molar-refractivity contribution is 7.89. The molecule has 1 aromatic carbocycles. The van der Waals surface area contributed by atoms with Crippen LogP contribution in [0, 0.1) is 10.1 Å². The summed E-state index contributed by atoms with van der Waals surface area (Å²) in [5, 5.41) is 14.4. The van der Waals surface area contributed by atoms with Crippen LogP contribution < -0.4 is 5.32 Å². The van der Waals surface area contributed by atoms with Crippen LogP contribution in [0.3, 0.4) is 0 Å². The first-order valence-electron chi connectivity index (χ1n) is 7.04. The molecule has 2 rings (SSSR count). The summed E-state index contributed by atoms with van der Waals surface area (Å²) in [5.74, 6) is 0. The average molecular weight is 348 g/mol. The van der Waals surface area contributed by atoms with Crippen LogP contribution in [-0.4, -0.2) is 43.3 Å². The summed E-state index contributed by atoms with van der Waals surface area (Å²) in [6, 6.07) is 3.46. The van der Waals surface area contributed by atoms with Crippen molar-refractivity contribution in [3.8, 4) is 0 Å². The van der Waals surface area contributed by atoms with Crippen molar-refractivity contribution in [3.05, 3.63) is 33.3 Å². The number of nitrogens with one attached hydrogen (secondary N) is 1. The zero-order valence-corrected chi connectivity index (χ0v) is 13.7. The standard InChI is InChI=1S/C13H18ClN3O4S/c1-2-7-16(11-5-6-15-9-11)22(20,21)13-4-3-10(14)8-12(13)17(18)19/h3-4,8,11,15H,2,5-7,9H2,1H3. The fourth-order valence-corrected chi connectivity index (χ4v) is 4.63. The van der Waals surface area contributed by atoms with E-state index in [0.717, 1.165) is 12.6 Å². The maximum Gasteiger partial charge on any atom is 0.290 e. The van der Waals surface area contributed by atoms with E-state index in [-0.39, 0.29) is 16.0 Å². The van der Waals surface area contributed by atoms with Gasteiger partial charge in [-0.3, -0.25) is 10.1 Å². The van der Waals surface area contributed by atoms with Gasteiger partial charge in [-0.15, -0.1) is 0 Å². The number of halogens is 1. The van der Waals surface area contributed by atoms with Crippen molar-refractivity contribution in [2.75, 3.05) is 19.6 Å². The predicted molar refractivity (Wildman–Crippen MR) is 83.6 cm³/mol. The van der Waals surface area contributed by atoms with Crippen LogP contribution in [0.15, 0.2) is 23.1 Å². The van der Waals surface area contributed by atoms with Crippen molar-refractivity contribution in [1.82, 2.24) is 9.62 Å². The first-order valence-corrected chi connectivity index (χ1v) is 8.86. The van der Waals surface area contributed by atoms with Gasteiger partial charge in [-0.25, -0.2) is 8.42 Å². The predicted octanol–water partition coefficient (Wildman–Crippen LogP) is 2.01. The van der Waals surface area contributed by atoms with E-state index in [1.54, 1.807) is 0 Å². The van der Waals surface area contributed by atoms with Crippen molar-refractivity contribution < 1.29 is 13.3 Å². The Bertz CT molecular complexity index is 659. The highest BCUT2D eigenvalue weighted by Crippen LogP contribution is 2.31. The van der Waals surface area contributed by atoms with Crippen LogP contribution >= 0.6 is 11.6 Å². The molecule has 7 nitrogen and oxygen atoms in total. The topological polar surface area (TPSA) is 92.6 Å². The summed E-state index contributed by atoms with van der Waals surface area (Å²) in [6.45, 7) is 3.50. The van der Waals surface area contributed by atoms with Crippen LogP contribution in [0.2, 0.25) is 5.02 Å². The number of benzene rings is 1. The van der Waals surface area contributed by atoms with Gasteiger partial charge in [0.2, 0.25) is 10.0 Å². The van der Waals surface area contributed by atoms with E-state index in [1.165, 1.54) is 16.4 Å². The Kier molecular flexibility index (Phi) is 5.38. The Morgan fingerprint density at radius 3 is 2.77 bits per heavy atom. The van der Waals surface area contributed by atoms with E-state index < -0.39 is 20.6 Å². The molecule has 122 valence electrons. The number of nitro benzene ring substituents is 1. The van der Waals surface area contributed by atoms with Gasteiger partial charge in [0.05, 0.1) is 4.92 Å². The van der Waals surface area contributed by atoms with Gasteiger partial charge in [0.1, 0.15) is 0 Å². The van der Waals surface area contributed by atoms with E-state index in [2.05, 4.69) is 5.32 Å². The Balaban J connectivity index is 2.49. The summed E-state index contributed by atoms with van der Waals surface area (Å²) < 4.78 is 27.2. The lowest BCUT2D eigenvalue weighted by Gasteiger charge is -2.27. The van der Waals surface area contributed by atoms with E-state index in [4.69, 9.17) is 11.6 Å². The third-order valence-electron chi connectivity index (χ3n) is 3.59. The van der Waals surface area contributed by atoms with Gasteiger partial charge < -0.3 is 5.32 Å². The lowest BCUT2D eigenvalue weighted by atomic mass is 10.2. The Hall–Kier alpha value is -1.22. The molecule has 1 fully saturated rings. The van der Waals surface area contributed by atoms with Crippen LogP contribution in [0.1, 0.15) is 19.8 Å². The van der Waals surface area contributed by atoms with Crippen LogP contribution in [-0.2, 0) is 10.0 Å². The number of nitrogens with zero attached hydrogens (tertiary/aromatic N) is 2. The molecule has 0 aliphatic carbocycles. The van der Waals surface area contributed by atoms with Crippen molar-refractivity contribution in [1.29, 1.82) is 0 Å². The van der Waals surface area contributed by atoms with Crippen molar-refractivity contribution >= 4 is 27.3 Å². The smallest absolute Gasteiger partial charge is 0.290 e. The molecule has 1 aliphatic rings.